The van der Waals surface area contributed by atoms with Crippen LogP contribution in [-0.4, -0.2) is 31.1 Å². The number of methoxy groups -OCH3 is 2. The monoisotopic (exact) mass is 283 g/mol. The van der Waals surface area contributed by atoms with Crippen LogP contribution in [0.15, 0.2) is 36.4 Å². The molecule has 0 aliphatic heterocycles. The highest BCUT2D eigenvalue weighted by Crippen LogP contribution is 2.30. The van der Waals surface area contributed by atoms with Gasteiger partial charge in [0.05, 0.1) is 25.3 Å². The van der Waals surface area contributed by atoms with Crippen LogP contribution in [0.1, 0.15) is 20.8 Å². The fourth-order valence-electron chi connectivity index (χ4n) is 2.51. The zero-order valence-corrected chi connectivity index (χ0v) is 11.6. The molecule has 0 unspecified atom stereocenters. The van der Waals surface area contributed by atoms with Crippen LogP contribution in [0.2, 0.25) is 0 Å². The molecule has 0 spiro atoms. The number of ether oxygens (including phenoxy) is 2. The normalized spacial score (nSPS) is 10.8. The fourth-order valence-corrected chi connectivity index (χ4v) is 2.51. The van der Waals surface area contributed by atoms with Gasteiger partial charge >= 0.3 is 11.9 Å². The first-order valence-electron chi connectivity index (χ1n) is 6.37. The minimum absolute atomic E-state index is 0.107. The molecule has 5 nitrogen and oxygen atoms in total. The minimum Gasteiger partial charge on any atom is -0.465 e. The Balaban J connectivity index is 2.43. The molecule has 0 aliphatic rings. The maximum absolute atomic E-state index is 12.0. The second-order valence-electron chi connectivity index (χ2n) is 4.57. The third kappa shape index (κ3) is 1.94. The number of H-pyrrole nitrogens is 1. The molecule has 5 heteroatoms. The number of esters is 2. The molecule has 0 aliphatic carbocycles. The summed E-state index contributed by atoms with van der Waals surface area (Å²) in [5.41, 5.74) is 1.02. The van der Waals surface area contributed by atoms with Crippen molar-refractivity contribution in [3.8, 4) is 0 Å². The second kappa shape index (κ2) is 4.94. The summed E-state index contributed by atoms with van der Waals surface area (Å²) in [6, 6.07) is 11.4. The Hall–Kier alpha value is -2.82. The highest BCUT2D eigenvalue weighted by Gasteiger charge is 2.25. The standard InChI is InChI=1S/C16H13NO4/c1-20-15(18)12-11-8-7-9-5-3-4-6-10(9)13(11)17-14(12)16(19)21-2/h3-8,17H,1-2H3. The third-order valence-corrected chi connectivity index (χ3v) is 3.48. The van der Waals surface area contributed by atoms with Crippen molar-refractivity contribution in [1.29, 1.82) is 0 Å². The van der Waals surface area contributed by atoms with Crippen LogP contribution < -0.4 is 0 Å². The zero-order valence-electron chi connectivity index (χ0n) is 11.6. The average molecular weight is 283 g/mol. The first kappa shape index (κ1) is 13.2. The Morgan fingerprint density at radius 3 is 2.33 bits per heavy atom. The number of benzene rings is 2. The van der Waals surface area contributed by atoms with Gasteiger partial charge in [0.15, 0.2) is 0 Å². The van der Waals surface area contributed by atoms with Gasteiger partial charge in [-0.15, -0.1) is 0 Å². The number of hydrogen-bond acceptors (Lipinski definition) is 4. The lowest BCUT2D eigenvalue weighted by molar-refractivity contribution is 0.0553. The Morgan fingerprint density at radius 2 is 1.62 bits per heavy atom. The van der Waals surface area contributed by atoms with E-state index in [0.717, 1.165) is 10.8 Å². The number of fused-ring (bicyclic) bond motifs is 3. The number of nitrogens with one attached hydrogen (secondary N) is 1. The van der Waals surface area contributed by atoms with E-state index in [0.29, 0.717) is 10.9 Å². The van der Waals surface area contributed by atoms with Crippen molar-refractivity contribution in [2.24, 2.45) is 0 Å². The van der Waals surface area contributed by atoms with Crippen LogP contribution in [0.5, 0.6) is 0 Å². The number of carbonyl (C=O) groups excluding carboxylic acids is 2. The van der Waals surface area contributed by atoms with Crippen LogP contribution in [-0.2, 0) is 9.47 Å². The maximum atomic E-state index is 12.0. The summed E-state index contributed by atoms with van der Waals surface area (Å²) >= 11 is 0. The highest BCUT2D eigenvalue weighted by atomic mass is 16.5. The quantitative estimate of drug-likeness (QED) is 0.734. The van der Waals surface area contributed by atoms with E-state index in [9.17, 15) is 9.59 Å². The topological polar surface area (TPSA) is 68.4 Å². The maximum Gasteiger partial charge on any atom is 0.355 e. The van der Waals surface area contributed by atoms with Crippen molar-refractivity contribution in [2.45, 2.75) is 0 Å². The van der Waals surface area contributed by atoms with Gasteiger partial charge in [0, 0.05) is 10.8 Å². The van der Waals surface area contributed by atoms with Gasteiger partial charge in [0.2, 0.25) is 0 Å². The molecule has 0 atom stereocenters. The molecule has 106 valence electrons. The van der Waals surface area contributed by atoms with Gasteiger partial charge in [-0.25, -0.2) is 9.59 Å². The molecule has 0 radical (unpaired) electrons. The Morgan fingerprint density at radius 1 is 0.905 bits per heavy atom. The Bertz CT molecular complexity index is 863. The van der Waals surface area contributed by atoms with Gasteiger partial charge in [-0.3, -0.25) is 0 Å². The third-order valence-electron chi connectivity index (χ3n) is 3.48. The molecule has 3 aromatic rings. The predicted molar refractivity (Wildman–Crippen MR) is 78.5 cm³/mol. The summed E-state index contributed by atoms with van der Waals surface area (Å²) in [5, 5.41) is 2.58. The molecule has 2 aromatic carbocycles. The van der Waals surface area contributed by atoms with Crippen molar-refractivity contribution in [3.63, 3.8) is 0 Å². The molecule has 0 saturated heterocycles. The van der Waals surface area contributed by atoms with Crippen LogP contribution in [0.4, 0.5) is 0 Å². The predicted octanol–water partition coefficient (Wildman–Crippen LogP) is 2.89. The smallest absolute Gasteiger partial charge is 0.355 e. The second-order valence-corrected chi connectivity index (χ2v) is 4.57. The van der Waals surface area contributed by atoms with E-state index in [1.165, 1.54) is 14.2 Å². The molecule has 0 saturated carbocycles. The van der Waals surface area contributed by atoms with Crippen molar-refractivity contribution in [2.75, 3.05) is 14.2 Å². The average Bonchev–Trinajstić information content (AvgIpc) is 2.93. The summed E-state index contributed by atoms with van der Waals surface area (Å²) < 4.78 is 9.52. The van der Waals surface area contributed by atoms with Crippen LogP contribution in [0.25, 0.3) is 21.7 Å². The lowest BCUT2D eigenvalue weighted by atomic mass is 10.0. The van der Waals surface area contributed by atoms with Gasteiger partial charge in [0.1, 0.15) is 5.69 Å². The van der Waals surface area contributed by atoms with E-state index in [4.69, 9.17) is 9.47 Å². The lowest BCUT2D eigenvalue weighted by Gasteiger charge is -2.01. The molecular formula is C16H13NO4. The molecule has 3 rings (SSSR count). The first-order chi connectivity index (χ1) is 10.2. The van der Waals surface area contributed by atoms with E-state index in [-0.39, 0.29) is 11.3 Å². The van der Waals surface area contributed by atoms with Gasteiger partial charge in [-0.1, -0.05) is 36.4 Å². The van der Waals surface area contributed by atoms with Crippen LogP contribution >= 0.6 is 0 Å². The van der Waals surface area contributed by atoms with E-state index < -0.39 is 11.9 Å². The summed E-state index contributed by atoms with van der Waals surface area (Å²) in [7, 11) is 2.55. The molecule has 0 bridgehead atoms. The van der Waals surface area contributed by atoms with Gasteiger partial charge in [-0.2, -0.15) is 0 Å². The number of aromatic nitrogens is 1. The number of carbonyl (C=O) groups is 2. The minimum atomic E-state index is -0.601. The molecular weight excluding hydrogens is 270 g/mol. The lowest BCUT2D eigenvalue weighted by Crippen LogP contribution is -2.10. The Labute approximate surface area is 120 Å². The van der Waals surface area contributed by atoms with E-state index in [2.05, 4.69) is 4.98 Å². The molecule has 1 heterocycles. The molecule has 0 amide bonds. The molecule has 1 aromatic heterocycles. The largest absolute Gasteiger partial charge is 0.465 e. The van der Waals surface area contributed by atoms with Crippen molar-refractivity contribution in [1.82, 2.24) is 4.98 Å². The van der Waals surface area contributed by atoms with Crippen LogP contribution in [0.3, 0.4) is 0 Å². The molecule has 1 N–H and O–H groups in total. The summed E-state index contributed by atoms with van der Waals surface area (Å²) in [6.45, 7) is 0. The fraction of sp³-hybridized carbons (Fsp3) is 0.125. The van der Waals surface area contributed by atoms with E-state index >= 15 is 0 Å². The van der Waals surface area contributed by atoms with Gasteiger partial charge < -0.3 is 14.5 Å². The first-order valence-corrected chi connectivity index (χ1v) is 6.37. The number of rotatable bonds is 2. The molecule has 21 heavy (non-hydrogen) atoms. The van der Waals surface area contributed by atoms with Crippen molar-refractivity contribution >= 4 is 33.6 Å². The van der Waals surface area contributed by atoms with E-state index in [1.807, 2.05) is 30.3 Å². The van der Waals surface area contributed by atoms with Crippen molar-refractivity contribution < 1.29 is 19.1 Å². The SMILES string of the molecule is COC(=O)c1[nH]c2c(ccc3ccccc32)c1C(=O)OC. The summed E-state index contributed by atoms with van der Waals surface area (Å²) in [6.07, 6.45) is 0. The van der Waals surface area contributed by atoms with Crippen LogP contribution in [0, 0.1) is 0 Å². The van der Waals surface area contributed by atoms with Crippen molar-refractivity contribution in [3.05, 3.63) is 47.7 Å². The summed E-state index contributed by atoms with van der Waals surface area (Å²) in [4.78, 5) is 26.9. The van der Waals surface area contributed by atoms with Gasteiger partial charge in [-0.05, 0) is 5.39 Å². The van der Waals surface area contributed by atoms with E-state index in [1.54, 1.807) is 6.07 Å². The number of aromatic amines is 1. The highest BCUT2D eigenvalue weighted by molar-refractivity contribution is 6.18. The Kier molecular flexibility index (Phi) is 3.10. The molecule has 0 fully saturated rings. The summed E-state index contributed by atoms with van der Waals surface area (Å²) in [5.74, 6) is -1.17. The number of hydrogen-bond donors (Lipinski definition) is 1. The zero-order chi connectivity index (χ0) is 15.0. The van der Waals surface area contributed by atoms with Gasteiger partial charge in [0.25, 0.3) is 0 Å².